The van der Waals surface area contributed by atoms with Gasteiger partial charge in [-0.2, -0.15) is 5.10 Å². The molecule has 1 N–H and O–H groups in total. The van der Waals surface area contributed by atoms with Gasteiger partial charge in [-0.25, -0.2) is 8.42 Å². The van der Waals surface area contributed by atoms with Gasteiger partial charge in [0.05, 0.1) is 12.3 Å². The number of sulfone groups is 1. The van der Waals surface area contributed by atoms with Crippen LogP contribution in [0.5, 0.6) is 0 Å². The molecule has 0 aromatic carbocycles. The van der Waals surface area contributed by atoms with Crippen LogP contribution in [-0.4, -0.2) is 35.7 Å². The van der Waals surface area contributed by atoms with Crippen LogP contribution in [0.2, 0.25) is 0 Å². The van der Waals surface area contributed by atoms with E-state index in [0.717, 1.165) is 6.26 Å². The Bertz CT molecular complexity index is 394. The highest BCUT2D eigenvalue weighted by atomic mass is 32.2. The fourth-order valence-corrected chi connectivity index (χ4v) is 1.53. The standard InChI is InChI=1S/C8H14N2O3S/c1-7(11)3-4-10-6-8(5-9-10)14(2,12)13/h5-7,11H,3-4H2,1-2H3. The first-order valence-electron chi connectivity index (χ1n) is 4.30. The number of nitrogens with zero attached hydrogens (tertiary/aromatic N) is 2. The van der Waals surface area contributed by atoms with Crippen LogP contribution in [0, 0.1) is 0 Å². The van der Waals surface area contributed by atoms with Crippen LogP contribution < -0.4 is 0 Å². The van der Waals surface area contributed by atoms with Crippen molar-refractivity contribution in [3.05, 3.63) is 12.4 Å². The van der Waals surface area contributed by atoms with E-state index in [-0.39, 0.29) is 4.90 Å². The summed E-state index contributed by atoms with van der Waals surface area (Å²) in [6.45, 7) is 2.20. The highest BCUT2D eigenvalue weighted by molar-refractivity contribution is 7.90. The first-order valence-corrected chi connectivity index (χ1v) is 6.19. The van der Waals surface area contributed by atoms with Crippen LogP contribution in [0.25, 0.3) is 0 Å². The van der Waals surface area contributed by atoms with Crippen molar-refractivity contribution in [2.45, 2.75) is 30.9 Å². The molecule has 1 atom stereocenters. The largest absolute Gasteiger partial charge is 0.393 e. The first-order chi connectivity index (χ1) is 6.39. The maximum atomic E-state index is 11.1. The number of aromatic nitrogens is 2. The second kappa shape index (κ2) is 4.10. The summed E-state index contributed by atoms with van der Waals surface area (Å²) in [7, 11) is -3.17. The fraction of sp³-hybridized carbons (Fsp3) is 0.625. The predicted molar refractivity (Wildman–Crippen MR) is 51.6 cm³/mol. The van der Waals surface area contributed by atoms with Crippen molar-refractivity contribution in [2.75, 3.05) is 6.26 Å². The van der Waals surface area contributed by atoms with Crippen LogP contribution in [-0.2, 0) is 16.4 Å². The molecule has 1 aromatic heterocycles. The number of rotatable bonds is 4. The molecule has 0 amide bonds. The average Bonchev–Trinajstić information content (AvgIpc) is 2.47. The molecular formula is C8H14N2O3S. The Labute approximate surface area is 83.3 Å². The molecule has 0 saturated carbocycles. The Kier molecular flexibility index (Phi) is 3.28. The second-order valence-electron chi connectivity index (χ2n) is 3.35. The molecule has 0 fully saturated rings. The minimum absolute atomic E-state index is 0.211. The molecule has 1 unspecified atom stereocenters. The van der Waals surface area contributed by atoms with Crippen LogP contribution in [0.3, 0.4) is 0 Å². The van der Waals surface area contributed by atoms with Gasteiger partial charge in [0.15, 0.2) is 9.84 Å². The zero-order valence-corrected chi connectivity index (χ0v) is 9.03. The molecule has 0 radical (unpaired) electrons. The van der Waals surface area contributed by atoms with Crippen molar-refractivity contribution in [3.8, 4) is 0 Å². The molecule has 1 aromatic rings. The first kappa shape index (κ1) is 11.2. The smallest absolute Gasteiger partial charge is 0.178 e. The van der Waals surface area contributed by atoms with E-state index in [9.17, 15) is 8.42 Å². The molecule has 0 aliphatic heterocycles. The maximum absolute atomic E-state index is 11.1. The lowest BCUT2D eigenvalue weighted by molar-refractivity contribution is 0.176. The van der Waals surface area contributed by atoms with Crippen molar-refractivity contribution < 1.29 is 13.5 Å². The molecule has 0 bridgehead atoms. The number of aryl methyl sites for hydroxylation is 1. The molecule has 1 heterocycles. The zero-order chi connectivity index (χ0) is 10.8. The van der Waals surface area contributed by atoms with Gasteiger partial charge in [-0.05, 0) is 13.3 Å². The molecule has 1 rings (SSSR count). The summed E-state index contributed by atoms with van der Waals surface area (Å²) in [6.07, 6.45) is 4.09. The van der Waals surface area contributed by atoms with E-state index >= 15 is 0 Å². The molecule has 14 heavy (non-hydrogen) atoms. The Morgan fingerprint density at radius 1 is 1.64 bits per heavy atom. The van der Waals surface area contributed by atoms with Crippen molar-refractivity contribution in [1.29, 1.82) is 0 Å². The van der Waals surface area contributed by atoms with Crippen molar-refractivity contribution in [2.24, 2.45) is 0 Å². The molecule has 0 saturated heterocycles. The van der Waals surface area contributed by atoms with Gasteiger partial charge in [-0.1, -0.05) is 0 Å². The number of aliphatic hydroxyl groups excluding tert-OH is 1. The van der Waals surface area contributed by atoms with Crippen LogP contribution in [0.1, 0.15) is 13.3 Å². The summed E-state index contributed by atoms with van der Waals surface area (Å²) in [5.41, 5.74) is 0. The SMILES string of the molecule is CC(O)CCn1cc(S(C)(=O)=O)cn1. The monoisotopic (exact) mass is 218 g/mol. The zero-order valence-electron chi connectivity index (χ0n) is 8.21. The number of hydrogen-bond acceptors (Lipinski definition) is 4. The van der Waals surface area contributed by atoms with Gasteiger partial charge in [0.2, 0.25) is 0 Å². The Morgan fingerprint density at radius 2 is 2.29 bits per heavy atom. The van der Waals surface area contributed by atoms with E-state index in [0.29, 0.717) is 13.0 Å². The number of aliphatic hydroxyl groups is 1. The van der Waals surface area contributed by atoms with Crippen molar-refractivity contribution in [1.82, 2.24) is 9.78 Å². The summed E-state index contributed by atoms with van der Waals surface area (Å²) in [4.78, 5) is 0.211. The normalized spacial score (nSPS) is 14.2. The minimum atomic E-state index is -3.17. The second-order valence-corrected chi connectivity index (χ2v) is 5.36. The Morgan fingerprint density at radius 3 is 2.71 bits per heavy atom. The molecule has 5 nitrogen and oxygen atoms in total. The summed E-state index contributed by atoms with van der Waals surface area (Å²) >= 11 is 0. The van der Waals surface area contributed by atoms with E-state index in [1.165, 1.54) is 17.1 Å². The fourth-order valence-electron chi connectivity index (χ4n) is 0.977. The lowest BCUT2D eigenvalue weighted by Crippen LogP contribution is -2.07. The lowest BCUT2D eigenvalue weighted by atomic mass is 10.3. The molecular weight excluding hydrogens is 204 g/mol. The van der Waals surface area contributed by atoms with Crippen molar-refractivity contribution >= 4 is 9.84 Å². The van der Waals surface area contributed by atoms with E-state index in [1.54, 1.807) is 6.92 Å². The summed E-state index contributed by atoms with van der Waals surface area (Å²) in [6, 6.07) is 0. The van der Waals surface area contributed by atoms with Gasteiger partial charge < -0.3 is 5.11 Å². The summed E-state index contributed by atoms with van der Waals surface area (Å²) < 4.78 is 23.7. The molecule has 0 aliphatic carbocycles. The van der Waals surface area contributed by atoms with Gasteiger partial charge in [0, 0.05) is 19.0 Å². The van der Waals surface area contributed by atoms with E-state index in [1.807, 2.05) is 0 Å². The highest BCUT2D eigenvalue weighted by Gasteiger charge is 2.09. The third-order valence-electron chi connectivity index (χ3n) is 1.81. The van der Waals surface area contributed by atoms with Gasteiger partial charge in [0.25, 0.3) is 0 Å². The molecule has 0 aliphatic rings. The molecule has 6 heteroatoms. The topological polar surface area (TPSA) is 72.2 Å². The average molecular weight is 218 g/mol. The van der Waals surface area contributed by atoms with Crippen molar-refractivity contribution in [3.63, 3.8) is 0 Å². The quantitative estimate of drug-likeness (QED) is 0.775. The van der Waals surface area contributed by atoms with Gasteiger partial charge >= 0.3 is 0 Å². The van der Waals surface area contributed by atoms with Crippen LogP contribution >= 0.6 is 0 Å². The maximum Gasteiger partial charge on any atom is 0.178 e. The van der Waals surface area contributed by atoms with E-state index in [2.05, 4.69) is 5.10 Å². The van der Waals surface area contributed by atoms with E-state index in [4.69, 9.17) is 5.11 Å². The Balaban J connectivity index is 2.70. The van der Waals surface area contributed by atoms with Gasteiger partial charge in [-0.15, -0.1) is 0 Å². The van der Waals surface area contributed by atoms with Gasteiger partial charge in [-0.3, -0.25) is 4.68 Å². The summed E-state index contributed by atoms with van der Waals surface area (Å²) in [5.74, 6) is 0. The summed E-state index contributed by atoms with van der Waals surface area (Å²) in [5, 5.41) is 12.9. The number of hydrogen-bond donors (Lipinski definition) is 1. The molecule has 80 valence electrons. The molecule has 0 spiro atoms. The third-order valence-corrected chi connectivity index (χ3v) is 2.88. The predicted octanol–water partition coefficient (Wildman–Crippen LogP) is 0.0575. The van der Waals surface area contributed by atoms with Crippen LogP contribution in [0.4, 0.5) is 0 Å². The lowest BCUT2D eigenvalue weighted by Gasteiger charge is -2.02. The minimum Gasteiger partial charge on any atom is -0.393 e. The van der Waals surface area contributed by atoms with Crippen LogP contribution in [0.15, 0.2) is 17.3 Å². The Hall–Kier alpha value is -0.880. The highest BCUT2D eigenvalue weighted by Crippen LogP contribution is 2.06. The van der Waals surface area contributed by atoms with E-state index < -0.39 is 15.9 Å². The third kappa shape index (κ3) is 3.12. The van der Waals surface area contributed by atoms with Gasteiger partial charge in [0.1, 0.15) is 4.90 Å².